The van der Waals surface area contributed by atoms with Crippen LogP contribution >= 0.6 is 11.6 Å². The van der Waals surface area contributed by atoms with E-state index >= 15 is 0 Å². The minimum Gasteiger partial charge on any atom is -0.494 e. The fourth-order valence-corrected chi connectivity index (χ4v) is 3.23. The van der Waals surface area contributed by atoms with E-state index in [1.165, 1.54) is 0 Å². The quantitative estimate of drug-likeness (QED) is 0.425. The van der Waals surface area contributed by atoms with Crippen molar-refractivity contribution in [1.29, 1.82) is 0 Å². The van der Waals surface area contributed by atoms with Crippen LogP contribution in [-0.4, -0.2) is 34.6 Å². The maximum absolute atomic E-state index is 5.93. The average molecular weight is 385 g/mol. The average Bonchev–Trinajstić information content (AvgIpc) is 3.21. The predicted molar refractivity (Wildman–Crippen MR) is 106 cm³/mol. The second kappa shape index (κ2) is 8.47. The molecule has 0 atom stereocenters. The Kier molecular flexibility index (Phi) is 5.62. The van der Waals surface area contributed by atoms with Crippen molar-refractivity contribution in [3.05, 3.63) is 48.1 Å². The van der Waals surface area contributed by atoms with Gasteiger partial charge in [-0.3, -0.25) is 10.9 Å². The fourth-order valence-electron chi connectivity index (χ4n) is 3.13. The molecule has 7 nitrogen and oxygen atoms in total. The first kappa shape index (κ1) is 17.9. The van der Waals surface area contributed by atoms with E-state index in [2.05, 4.69) is 31.1 Å². The molecule has 0 aliphatic carbocycles. The van der Waals surface area contributed by atoms with Crippen LogP contribution in [0.3, 0.4) is 0 Å². The van der Waals surface area contributed by atoms with E-state index in [4.69, 9.17) is 16.3 Å². The number of hydrogen-bond donors (Lipinski definition) is 3. The standard InChI is InChI=1S/C19H21ClN6O/c20-19-22-11-15(12-23-19)26-18-17-4-3-16(8-14(17)5-6-21-18)27-7-1-2-13-9-24-25-10-13/h3-6,8,11-13,24-25H,1-2,7,9-10H2,(H,21,26). The Bertz CT molecular complexity index is 898. The molecule has 0 spiro atoms. The van der Waals surface area contributed by atoms with Gasteiger partial charge in [0, 0.05) is 24.7 Å². The molecule has 4 rings (SSSR count). The molecule has 27 heavy (non-hydrogen) atoms. The predicted octanol–water partition coefficient (Wildman–Crippen LogP) is 3.30. The van der Waals surface area contributed by atoms with E-state index in [9.17, 15) is 0 Å². The molecule has 0 amide bonds. The first-order valence-electron chi connectivity index (χ1n) is 9.00. The van der Waals surface area contributed by atoms with Crippen molar-refractivity contribution in [3.8, 4) is 5.75 Å². The second-order valence-electron chi connectivity index (χ2n) is 6.53. The van der Waals surface area contributed by atoms with Gasteiger partial charge in [-0.15, -0.1) is 0 Å². The van der Waals surface area contributed by atoms with Crippen molar-refractivity contribution in [3.63, 3.8) is 0 Å². The first-order chi connectivity index (χ1) is 13.3. The Morgan fingerprint density at radius 2 is 1.93 bits per heavy atom. The SMILES string of the molecule is Clc1ncc(Nc2nccc3cc(OCCCC4CNNC4)ccc23)cn1. The van der Waals surface area contributed by atoms with Crippen LogP contribution in [0.1, 0.15) is 12.8 Å². The minimum absolute atomic E-state index is 0.216. The Hall–Kier alpha value is -2.48. The van der Waals surface area contributed by atoms with Gasteiger partial charge in [-0.25, -0.2) is 15.0 Å². The first-order valence-corrected chi connectivity index (χ1v) is 9.37. The lowest BCUT2D eigenvalue weighted by molar-refractivity contribution is 0.297. The van der Waals surface area contributed by atoms with Crippen molar-refractivity contribution < 1.29 is 4.74 Å². The number of ether oxygens (including phenoxy) is 1. The summed E-state index contributed by atoms with van der Waals surface area (Å²) < 4.78 is 5.93. The number of rotatable bonds is 7. The third-order valence-electron chi connectivity index (χ3n) is 4.55. The van der Waals surface area contributed by atoms with Crippen LogP contribution in [0.4, 0.5) is 11.5 Å². The maximum atomic E-state index is 5.93. The number of halogens is 1. The lowest BCUT2D eigenvalue weighted by Crippen LogP contribution is -2.21. The molecule has 1 aliphatic rings. The molecule has 0 radical (unpaired) electrons. The van der Waals surface area contributed by atoms with Gasteiger partial charge in [-0.05, 0) is 60.0 Å². The van der Waals surface area contributed by atoms with Gasteiger partial charge in [-0.1, -0.05) is 0 Å². The summed E-state index contributed by atoms with van der Waals surface area (Å²) in [6.45, 7) is 2.80. The zero-order valence-electron chi connectivity index (χ0n) is 14.8. The number of fused-ring (bicyclic) bond motifs is 1. The largest absolute Gasteiger partial charge is 0.494 e. The molecule has 0 unspecified atom stereocenters. The van der Waals surface area contributed by atoms with Gasteiger partial charge in [0.15, 0.2) is 0 Å². The summed E-state index contributed by atoms with van der Waals surface area (Å²) in [4.78, 5) is 12.4. The smallest absolute Gasteiger partial charge is 0.222 e. The monoisotopic (exact) mass is 384 g/mol. The molecule has 140 valence electrons. The molecule has 3 heterocycles. The van der Waals surface area contributed by atoms with Gasteiger partial charge in [0.1, 0.15) is 11.6 Å². The number of nitrogens with one attached hydrogen (secondary N) is 3. The Morgan fingerprint density at radius 3 is 2.74 bits per heavy atom. The topological polar surface area (TPSA) is 84.0 Å². The molecule has 0 saturated carbocycles. The number of benzene rings is 1. The summed E-state index contributed by atoms with van der Waals surface area (Å²) >= 11 is 5.73. The molecule has 1 fully saturated rings. The number of anilines is 2. The highest BCUT2D eigenvalue weighted by atomic mass is 35.5. The number of pyridine rings is 1. The Labute approximate surface area is 162 Å². The van der Waals surface area contributed by atoms with E-state index in [1.54, 1.807) is 18.6 Å². The molecule has 2 aromatic heterocycles. The highest BCUT2D eigenvalue weighted by Crippen LogP contribution is 2.27. The molecule has 3 N–H and O–H groups in total. The van der Waals surface area contributed by atoms with Gasteiger partial charge in [0.2, 0.25) is 5.28 Å². The van der Waals surface area contributed by atoms with Crippen LogP contribution in [0.2, 0.25) is 5.28 Å². The molecule has 3 aromatic rings. The number of nitrogens with zero attached hydrogens (tertiary/aromatic N) is 3. The molecule has 1 saturated heterocycles. The highest BCUT2D eigenvalue weighted by Gasteiger charge is 2.13. The zero-order valence-corrected chi connectivity index (χ0v) is 15.5. The van der Waals surface area contributed by atoms with Gasteiger partial charge in [0.05, 0.1) is 24.7 Å². The summed E-state index contributed by atoms with van der Waals surface area (Å²) in [6.07, 6.45) is 7.23. The van der Waals surface area contributed by atoms with Crippen molar-refractivity contribution in [2.24, 2.45) is 5.92 Å². The zero-order chi connectivity index (χ0) is 18.5. The van der Waals surface area contributed by atoms with E-state index in [1.807, 2.05) is 24.3 Å². The molecule has 1 aliphatic heterocycles. The fraction of sp³-hybridized carbons (Fsp3) is 0.316. The van der Waals surface area contributed by atoms with Crippen LogP contribution in [0, 0.1) is 5.92 Å². The van der Waals surface area contributed by atoms with Gasteiger partial charge in [-0.2, -0.15) is 0 Å². The minimum atomic E-state index is 0.216. The molecule has 0 bridgehead atoms. The highest BCUT2D eigenvalue weighted by molar-refractivity contribution is 6.28. The molecular weight excluding hydrogens is 364 g/mol. The van der Waals surface area contributed by atoms with Crippen LogP contribution in [0.25, 0.3) is 10.8 Å². The van der Waals surface area contributed by atoms with Crippen molar-refractivity contribution >= 4 is 33.9 Å². The van der Waals surface area contributed by atoms with E-state index in [0.717, 1.165) is 60.6 Å². The van der Waals surface area contributed by atoms with E-state index in [-0.39, 0.29) is 5.28 Å². The van der Waals surface area contributed by atoms with Crippen molar-refractivity contribution in [2.75, 3.05) is 25.0 Å². The van der Waals surface area contributed by atoms with Crippen LogP contribution < -0.4 is 20.9 Å². The Balaban J connectivity index is 1.41. The summed E-state index contributed by atoms with van der Waals surface area (Å²) in [5, 5.41) is 5.51. The molecular formula is C19H21ClN6O. The normalized spacial score (nSPS) is 14.6. The van der Waals surface area contributed by atoms with Gasteiger partial charge >= 0.3 is 0 Å². The number of aromatic nitrogens is 3. The lowest BCUT2D eigenvalue weighted by Gasteiger charge is -2.11. The van der Waals surface area contributed by atoms with E-state index in [0.29, 0.717) is 5.92 Å². The third-order valence-corrected chi connectivity index (χ3v) is 4.75. The van der Waals surface area contributed by atoms with Crippen molar-refractivity contribution in [2.45, 2.75) is 12.8 Å². The second-order valence-corrected chi connectivity index (χ2v) is 6.86. The number of hydrazine groups is 1. The molecule has 1 aromatic carbocycles. The lowest BCUT2D eigenvalue weighted by atomic mass is 10.1. The van der Waals surface area contributed by atoms with E-state index < -0.39 is 0 Å². The summed E-state index contributed by atoms with van der Waals surface area (Å²) in [5.41, 5.74) is 7.05. The summed E-state index contributed by atoms with van der Waals surface area (Å²) in [5.74, 6) is 2.31. The van der Waals surface area contributed by atoms with Crippen LogP contribution in [-0.2, 0) is 0 Å². The van der Waals surface area contributed by atoms with Gasteiger partial charge < -0.3 is 10.1 Å². The number of hydrogen-bond acceptors (Lipinski definition) is 7. The Morgan fingerprint density at radius 1 is 1.11 bits per heavy atom. The molecule has 8 heteroatoms. The van der Waals surface area contributed by atoms with Crippen molar-refractivity contribution in [1.82, 2.24) is 25.8 Å². The summed E-state index contributed by atoms with van der Waals surface area (Å²) in [6, 6.07) is 8.01. The third kappa shape index (κ3) is 4.63. The van der Waals surface area contributed by atoms with Crippen LogP contribution in [0.5, 0.6) is 5.75 Å². The van der Waals surface area contributed by atoms with Gasteiger partial charge in [0.25, 0.3) is 0 Å². The maximum Gasteiger partial charge on any atom is 0.222 e. The summed E-state index contributed by atoms with van der Waals surface area (Å²) in [7, 11) is 0. The van der Waals surface area contributed by atoms with Crippen LogP contribution in [0.15, 0.2) is 42.9 Å².